The molecule has 0 aromatic carbocycles. The quantitative estimate of drug-likeness (QED) is 0.248. The minimum atomic E-state index is -4.41. The van der Waals surface area contributed by atoms with E-state index in [2.05, 4.69) is 13.8 Å². The van der Waals surface area contributed by atoms with E-state index in [1.54, 1.807) is 0 Å². The van der Waals surface area contributed by atoms with Crippen LogP contribution in [0.25, 0.3) is 0 Å². The molecular weight excluding hydrogens is 351 g/mol. The Balaban J connectivity index is 0. The van der Waals surface area contributed by atoms with Crippen LogP contribution in [0.5, 0.6) is 0 Å². The first-order valence-corrected chi connectivity index (χ1v) is 11.0. The van der Waals surface area contributed by atoms with Crippen molar-refractivity contribution in [2.24, 2.45) is 0 Å². The minimum absolute atomic E-state index is 0. The Morgan fingerprint density at radius 3 is 1.54 bits per heavy atom. The van der Waals surface area contributed by atoms with Crippen molar-refractivity contribution < 1.29 is 69.5 Å². The Hall–Kier alpha value is 1.51. The predicted molar refractivity (Wildman–Crippen MR) is 95.5 cm³/mol. The Morgan fingerprint density at radius 2 is 1.12 bits per heavy atom. The maximum absolute atomic E-state index is 11.4. The van der Waals surface area contributed by atoms with Crippen molar-refractivity contribution >= 4 is 10.1 Å². The fourth-order valence-corrected chi connectivity index (χ4v) is 3.95. The molecule has 0 rings (SSSR count). The van der Waals surface area contributed by atoms with Crippen molar-refractivity contribution in [2.75, 3.05) is 0 Å². The van der Waals surface area contributed by atoms with E-state index in [0.29, 0.717) is 19.3 Å². The zero-order valence-electron chi connectivity index (χ0n) is 16.1. The van der Waals surface area contributed by atoms with Gasteiger partial charge in [-0.15, -0.1) is 0 Å². The summed E-state index contributed by atoms with van der Waals surface area (Å²) in [6.07, 6.45) is 12.5. The maximum atomic E-state index is 11.4. The molecule has 140 valence electrons. The summed E-state index contributed by atoms with van der Waals surface area (Å²) in [6.45, 7) is 4.30. The summed E-state index contributed by atoms with van der Waals surface area (Å²) in [5, 5.41) is 8.99. The first kappa shape index (κ1) is 27.7. The van der Waals surface area contributed by atoms with Gasteiger partial charge in [0.15, 0.2) is 0 Å². The van der Waals surface area contributed by atoms with E-state index in [9.17, 15) is 18.1 Å². The molecule has 1 N–H and O–H groups in total. The van der Waals surface area contributed by atoms with Gasteiger partial charge >= 0.3 is 51.4 Å². The van der Waals surface area contributed by atoms with Crippen LogP contribution >= 0.6 is 0 Å². The van der Waals surface area contributed by atoms with Gasteiger partial charge in [-0.05, 0) is 12.8 Å². The van der Waals surface area contributed by atoms with Gasteiger partial charge in [-0.1, -0.05) is 90.9 Å². The molecule has 2 unspecified atom stereocenters. The van der Waals surface area contributed by atoms with Crippen LogP contribution in [0.3, 0.4) is 0 Å². The molecule has 0 bridgehead atoms. The van der Waals surface area contributed by atoms with Gasteiger partial charge in [0.1, 0.15) is 10.1 Å². The number of hydrogen-bond donors (Lipinski definition) is 1. The second-order valence-corrected chi connectivity index (χ2v) is 8.30. The third-order valence-corrected chi connectivity index (χ3v) is 5.79. The molecular formula is C18H37KO4S. The molecule has 6 heteroatoms. The molecule has 24 heavy (non-hydrogen) atoms. The fraction of sp³-hybridized carbons (Fsp3) is 1.00. The molecule has 0 aromatic heterocycles. The molecule has 4 nitrogen and oxygen atoms in total. The predicted octanol–water partition coefficient (Wildman–Crippen LogP) is 1.77. The minimum Gasteiger partial charge on any atom is -0.748 e. The standard InChI is InChI=1S/C18H38O4S.K/c1-3-5-7-9-10-12-13-15-17(19)18(23(20,21)22)16-14-11-8-6-4-2;/h17-19H,3-16H2,1-2H3,(H,20,21,22);/q;+1/p-1. The van der Waals surface area contributed by atoms with E-state index in [1.165, 1.54) is 25.7 Å². The second-order valence-electron chi connectivity index (χ2n) is 6.71. The van der Waals surface area contributed by atoms with Gasteiger partial charge in [0, 0.05) is 0 Å². The number of aliphatic hydroxyl groups excluding tert-OH is 1. The topological polar surface area (TPSA) is 77.4 Å². The van der Waals surface area contributed by atoms with E-state index in [0.717, 1.165) is 44.9 Å². The van der Waals surface area contributed by atoms with Crippen LogP contribution < -0.4 is 51.4 Å². The van der Waals surface area contributed by atoms with Crippen LogP contribution in [0.15, 0.2) is 0 Å². The molecule has 0 aliphatic carbocycles. The average molecular weight is 389 g/mol. The van der Waals surface area contributed by atoms with E-state index < -0.39 is 21.5 Å². The molecule has 0 fully saturated rings. The Bertz CT molecular complexity index is 360. The maximum Gasteiger partial charge on any atom is 1.00 e. The van der Waals surface area contributed by atoms with Gasteiger partial charge in [0.25, 0.3) is 0 Å². The van der Waals surface area contributed by atoms with E-state index in [4.69, 9.17) is 0 Å². The van der Waals surface area contributed by atoms with Crippen molar-refractivity contribution in [2.45, 2.75) is 115 Å². The van der Waals surface area contributed by atoms with E-state index in [-0.39, 0.29) is 51.4 Å². The van der Waals surface area contributed by atoms with Gasteiger partial charge in [-0.2, -0.15) is 0 Å². The third kappa shape index (κ3) is 15.7. The molecule has 2 atom stereocenters. The molecule has 0 radical (unpaired) electrons. The van der Waals surface area contributed by atoms with E-state index >= 15 is 0 Å². The van der Waals surface area contributed by atoms with Crippen molar-refractivity contribution in [1.29, 1.82) is 0 Å². The third-order valence-electron chi connectivity index (χ3n) is 4.50. The first-order valence-electron chi connectivity index (χ1n) is 9.56. The van der Waals surface area contributed by atoms with Crippen LogP contribution in [0.1, 0.15) is 104 Å². The summed E-state index contributed by atoms with van der Waals surface area (Å²) < 4.78 is 34.2. The van der Waals surface area contributed by atoms with Gasteiger partial charge in [0.2, 0.25) is 0 Å². The Kier molecular flexibility index (Phi) is 20.7. The molecule has 0 heterocycles. The number of rotatable bonds is 16. The summed E-state index contributed by atoms with van der Waals surface area (Å²) in [5.41, 5.74) is 0. The molecule has 0 saturated carbocycles. The summed E-state index contributed by atoms with van der Waals surface area (Å²) >= 11 is 0. The van der Waals surface area contributed by atoms with Gasteiger partial charge < -0.3 is 9.66 Å². The second kappa shape index (κ2) is 17.9. The van der Waals surface area contributed by atoms with Crippen molar-refractivity contribution in [3.63, 3.8) is 0 Å². The number of unbranched alkanes of at least 4 members (excludes halogenated alkanes) is 10. The summed E-state index contributed by atoms with van der Waals surface area (Å²) in [7, 11) is -4.41. The monoisotopic (exact) mass is 388 g/mol. The SMILES string of the molecule is CCCCCCCCCC(O)C(CCCCCCC)S(=O)(=O)[O-].[K+]. The molecule has 0 aromatic rings. The number of aliphatic hydroxyl groups is 1. The van der Waals surface area contributed by atoms with Gasteiger partial charge in [-0.3, -0.25) is 0 Å². The smallest absolute Gasteiger partial charge is 0.748 e. The molecule has 0 aliphatic heterocycles. The zero-order chi connectivity index (χ0) is 17.6. The first-order chi connectivity index (χ1) is 10.9. The van der Waals surface area contributed by atoms with Gasteiger partial charge in [-0.25, -0.2) is 8.42 Å². The molecule has 0 amide bonds. The molecule has 0 spiro atoms. The fourth-order valence-electron chi connectivity index (χ4n) is 2.97. The summed E-state index contributed by atoms with van der Waals surface area (Å²) in [5.74, 6) is 0. The van der Waals surface area contributed by atoms with Crippen LogP contribution in [0.4, 0.5) is 0 Å². The number of hydrogen-bond acceptors (Lipinski definition) is 4. The van der Waals surface area contributed by atoms with Crippen LogP contribution in [-0.2, 0) is 10.1 Å². The Morgan fingerprint density at radius 1 is 0.750 bits per heavy atom. The normalized spacial score (nSPS) is 14.2. The van der Waals surface area contributed by atoms with E-state index in [1.807, 2.05) is 0 Å². The zero-order valence-corrected chi connectivity index (χ0v) is 20.1. The summed E-state index contributed by atoms with van der Waals surface area (Å²) in [4.78, 5) is 0. The van der Waals surface area contributed by atoms with Crippen molar-refractivity contribution in [3.05, 3.63) is 0 Å². The molecule has 0 aliphatic rings. The summed E-state index contributed by atoms with van der Waals surface area (Å²) in [6, 6.07) is 0. The van der Waals surface area contributed by atoms with Gasteiger partial charge in [0.05, 0.1) is 11.4 Å². The van der Waals surface area contributed by atoms with Crippen LogP contribution in [0.2, 0.25) is 0 Å². The van der Waals surface area contributed by atoms with Crippen LogP contribution in [-0.4, -0.2) is 29.4 Å². The van der Waals surface area contributed by atoms with Crippen molar-refractivity contribution in [1.82, 2.24) is 0 Å². The average Bonchev–Trinajstić information content (AvgIpc) is 2.48. The largest absolute Gasteiger partial charge is 1.00 e. The Labute approximate surface area is 192 Å². The molecule has 0 saturated heterocycles. The van der Waals surface area contributed by atoms with Crippen molar-refractivity contribution in [3.8, 4) is 0 Å². The van der Waals surface area contributed by atoms with Crippen LogP contribution in [0, 0.1) is 0 Å².